The van der Waals surface area contributed by atoms with E-state index in [1.54, 1.807) is 0 Å². The van der Waals surface area contributed by atoms with Crippen LogP contribution in [-0.2, 0) is 0 Å². The maximum atomic E-state index is 3.51. The number of nitrogens with one attached hydrogen (secondary N) is 2. The third kappa shape index (κ3) is 5.57. The van der Waals surface area contributed by atoms with Gasteiger partial charge in [-0.2, -0.15) is 0 Å². The van der Waals surface area contributed by atoms with Crippen LogP contribution in [0.4, 0.5) is 22.7 Å². The fourth-order valence-corrected chi connectivity index (χ4v) is 6.19. The number of benzene rings is 4. The van der Waals surface area contributed by atoms with Crippen LogP contribution in [0.2, 0.25) is 0 Å². The van der Waals surface area contributed by atoms with Gasteiger partial charge in [0.05, 0.1) is 0 Å². The fourth-order valence-electron chi connectivity index (χ4n) is 4.44. The van der Waals surface area contributed by atoms with Gasteiger partial charge in [0.15, 0.2) is 0 Å². The van der Waals surface area contributed by atoms with Gasteiger partial charge in [0, 0.05) is 42.3 Å². The van der Waals surface area contributed by atoms with Gasteiger partial charge in [-0.25, -0.2) is 0 Å². The maximum Gasteiger partial charge on any atom is 0.0384 e. The first-order valence-corrected chi connectivity index (χ1v) is 14.3. The minimum atomic E-state index is 1.08. The summed E-state index contributed by atoms with van der Waals surface area (Å²) in [5, 5.41) is 7.02. The van der Waals surface area contributed by atoms with Crippen molar-refractivity contribution in [2.75, 3.05) is 10.6 Å². The molecule has 2 nitrogen and oxygen atoms in total. The first kappa shape index (κ1) is 24.2. The van der Waals surface area contributed by atoms with Crippen LogP contribution in [0.5, 0.6) is 0 Å². The normalized spacial score (nSPS) is 10.9. The molecule has 6 aromatic rings. The van der Waals surface area contributed by atoms with E-state index in [1.165, 1.54) is 41.8 Å². The molecule has 186 valence electrons. The van der Waals surface area contributed by atoms with Crippen LogP contribution in [0, 0.1) is 13.8 Å². The molecule has 2 heterocycles. The molecule has 0 bridgehead atoms. The van der Waals surface area contributed by atoms with Gasteiger partial charge in [-0.15, -0.1) is 22.7 Å². The van der Waals surface area contributed by atoms with Crippen molar-refractivity contribution < 1.29 is 0 Å². The summed E-state index contributed by atoms with van der Waals surface area (Å²) in [6, 6.07) is 43.2. The zero-order valence-electron chi connectivity index (χ0n) is 21.4. The van der Waals surface area contributed by atoms with Gasteiger partial charge in [0.1, 0.15) is 0 Å². The summed E-state index contributed by atoms with van der Waals surface area (Å²) in [4.78, 5) is 5.29. The number of hydrogen-bond acceptors (Lipinski definition) is 4. The number of anilines is 4. The highest BCUT2D eigenvalue weighted by Crippen LogP contribution is 2.31. The maximum absolute atomic E-state index is 3.51. The lowest BCUT2D eigenvalue weighted by atomic mass is 10.0. The van der Waals surface area contributed by atoms with Crippen molar-refractivity contribution in [1.82, 2.24) is 0 Å². The molecule has 0 unspecified atom stereocenters. The first-order valence-electron chi connectivity index (χ1n) is 12.7. The van der Waals surface area contributed by atoms with Gasteiger partial charge < -0.3 is 10.6 Å². The van der Waals surface area contributed by atoms with E-state index in [2.05, 4.69) is 146 Å². The Morgan fingerprint density at radius 2 is 0.632 bits per heavy atom. The van der Waals surface area contributed by atoms with E-state index >= 15 is 0 Å². The molecule has 0 fully saturated rings. The molecular formula is C34H28N2S2. The molecule has 2 N–H and O–H groups in total. The smallest absolute Gasteiger partial charge is 0.0384 e. The van der Waals surface area contributed by atoms with Crippen LogP contribution in [-0.4, -0.2) is 0 Å². The van der Waals surface area contributed by atoms with E-state index < -0.39 is 0 Å². The third-order valence-electron chi connectivity index (χ3n) is 6.50. The predicted octanol–water partition coefficient (Wildman–Crippen LogP) is 10.9. The monoisotopic (exact) mass is 528 g/mol. The summed E-state index contributed by atoms with van der Waals surface area (Å²) in [5.41, 5.74) is 9.23. The highest BCUT2D eigenvalue weighted by atomic mass is 32.1. The molecule has 0 saturated carbocycles. The largest absolute Gasteiger partial charge is 0.356 e. The average molecular weight is 529 g/mol. The van der Waals surface area contributed by atoms with E-state index in [9.17, 15) is 0 Å². The van der Waals surface area contributed by atoms with Crippen molar-refractivity contribution in [3.63, 3.8) is 0 Å². The van der Waals surface area contributed by atoms with Crippen molar-refractivity contribution in [2.45, 2.75) is 13.8 Å². The number of rotatable bonds is 7. The molecule has 0 amide bonds. The Balaban J connectivity index is 1.08. The highest BCUT2D eigenvalue weighted by Gasteiger charge is 2.04. The Hall–Kier alpha value is -4.12. The molecule has 0 atom stereocenters. The summed E-state index contributed by atoms with van der Waals surface area (Å²) in [6.45, 7) is 4.29. The van der Waals surface area contributed by atoms with Crippen LogP contribution in [0.25, 0.3) is 32.0 Å². The Bertz CT molecular complexity index is 1510. The minimum Gasteiger partial charge on any atom is -0.356 e. The summed E-state index contributed by atoms with van der Waals surface area (Å²) >= 11 is 3.65. The van der Waals surface area contributed by atoms with E-state index in [0.717, 1.165) is 22.7 Å². The lowest BCUT2D eigenvalue weighted by molar-refractivity contribution is 1.53. The second-order valence-electron chi connectivity index (χ2n) is 9.38. The summed E-state index contributed by atoms with van der Waals surface area (Å²) in [7, 11) is 0. The molecule has 0 spiro atoms. The van der Waals surface area contributed by atoms with Gasteiger partial charge in [-0.05, 0) is 109 Å². The van der Waals surface area contributed by atoms with Gasteiger partial charge in [-0.1, -0.05) is 48.5 Å². The summed E-state index contributed by atoms with van der Waals surface area (Å²) in [6.07, 6.45) is 0. The van der Waals surface area contributed by atoms with Gasteiger partial charge in [0.2, 0.25) is 0 Å². The zero-order valence-corrected chi connectivity index (χ0v) is 23.0. The van der Waals surface area contributed by atoms with Gasteiger partial charge in [0.25, 0.3) is 0 Å². The molecule has 4 aromatic carbocycles. The second-order valence-corrected chi connectivity index (χ2v) is 12.0. The van der Waals surface area contributed by atoms with Crippen molar-refractivity contribution >= 4 is 45.4 Å². The fraction of sp³-hybridized carbons (Fsp3) is 0.0588. The Morgan fingerprint density at radius 1 is 0.342 bits per heavy atom. The molecule has 0 saturated heterocycles. The second kappa shape index (κ2) is 10.7. The van der Waals surface area contributed by atoms with Crippen molar-refractivity contribution in [2.24, 2.45) is 0 Å². The van der Waals surface area contributed by atoms with Crippen LogP contribution < -0.4 is 10.6 Å². The highest BCUT2D eigenvalue weighted by molar-refractivity contribution is 7.15. The zero-order chi connectivity index (χ0) is 25.9. The third-order valence-corrected chi connectivity index (χ3v) is 8.60. The van der Waals surface area contributed by atoms with Crippen LogP contribution in [0.3, 0.4) is 0 Å². The predicted molar refractivity (Wildman–Crippen MR) is 167 cm³/mol. The first-order chi connectivity index (χ1) is 18.6. The van der Waals surface area contributed by atoms with E-state index in [1.807, 2.05) is 22.7 Å². The molecule has 2 aromatic heterocycles. The molecule has 38 heavy (non-hydrogen) atoms. The van der Waals surface area contributed by atoms with Crippen LogP contribution in [0.1, 0.15) is 9.75 Å². The lowest BCUT2D eigenvalue weighted by Gasteiger charge is -2.10. The van der Waals surface area contributed by atoms with E-state index in [4.69, 9.17) is 0 Å². The minimum absolute atomic E-state index is 1.08. The van der Waals surface area contributed by atoms with E-state index in [0.29, 0.717) is 0 Å². The lowest BCUT2D eigenvalue weighted by Crippen LogP contribution is -1.91. The standard InChI is InChI=1S/C34H28N2S2/c1-23-3-21-33(37-23)27-9-17-31(18-10-27)35-29-13-5-25(6-14-29)26-7-15-30(16-8-26)36-32-19-11-28(12-20-32)34-22-4-24(2)38-34/h3-22,35-36H,1-2H3. The van der Waals surface area contributed by atoms with Gasteiger partial charge >= 0.3 is 0 Å². The molecule has 0 radical (unpaired) electrons. The molecule has 6 rings (SSSR count). The number of thiophene rings is 2. The molecule has 0 aliphatic rings. The van der Waals surface area contributed by atoms with Crippen molar-refractivity contribution in [3.8, 4) is 32.0 Å². The Kier molecular flexibility index (Phi) is 6.82. The topological polar surface area (TPSA) is 24.1 Å². The van der Waals surface area contributed by atoms with Crippen molar-refractivity contribution in [3.05, 3.63) is 131 Å². The molecule has 0 aliphatic heterocycles. The SMILES string of the molecule is Cc1ccc(-c2ccc(Nc3ccc(-c4ccc(Nc5ccc(-c6ccc(C)s6)cc5)cc4)cc3)cc2)s1. The number of aryl methyl sites for hydroxylation is 2. The summed E-state index contributed by atoms with van der Waals surface area (Å²) in [5.74, 6) is 0. The summed E-state index contributed by atoms with van der Waals surface area (Å²) < 4.78 is 0. The molecule has 4 heteroatoms. The molecular weight excluding hydrogens is 501 g/mol. The quantitative estimate of drug-likeness (QED) is 0.215. The average Bonchev–Trinajstić information content (AvgIpc) is 3.59. The Labute approximate surface area is 232 Å². The Morgan fingerprint density at radius 3 is 0.895 bits per heavy atom. The number of hydrogen-bond donors (Lipinski definition) is 2. The van der Waals surface area contributed by atoms with Crippen molar-refractivity contribution in [1.29, 1.82) is 0 Å². The van der Waals surface area contributed by atoms with E-state index in [-0.39, 0.29) is 0 Å². The molecule has 0 aliphatic carbocycles. The van der Waals surface area contributed by atoms with Crippen LogP contribution in [0.15, 0.2) is 121 Å². The van der Waals surface area contributed by atoms with Gasteiger partial charge in [-0.3, -0.25) is 0 Å². The van der Waals surface area contributed by atoms with Crippen LogP contribution >= 0.6 is 22.7 Å².